The van der Waals surface area contributed by atoms with Gasteiger partial charge in [-0.25, -0.2) is 0 Å². The van der Waals surface area contributed by atoms with Crippen LogP contribution in [0.1, 0.15) is 69.8 Å². The van der Waals surface area contributed by atoms with E-state index in [1.807, 2.05) is 6.20 Å². The van der Waals surface area contributed by atoms with Crippen molar-refractivity contribution in [3.63, 3.8) is 0 Å². The van der Waals surface area contributed by atoms with Crippen molar-refractivity contribution in [2.75, 3.05) is 0 Å². The molecule has 4 heteroatoms. The Morgan fingerprint density at radius 1 is 1.12 bits per heavy atom. The highest BCUT2D eigenvalue weighted by molar-refractivity contribution is 5.36. The molecule has 4 fully saturated rings. The average molecular weight is 329 g/mol. The van der Waals surface area contributed by atoms with E-state index < -0.39 is 0 Å². The van der Waals surface area contributed by atoms with Crippen LogP contribution in [0.4, 0.5) is 0 Å². The summed E-state index contributed by atoms with van der Waals surface area (Å²) in [5, 5.41) is 14.6. The van der Waals surface area contributed by atoms with Gasteiger partial charge in [0.2, 0.25) is 0 Å². The molecule has 8 unspecified atom stereocenters. The molecule has 1 spiro atoms. The van der Waals surface area contributed by atoms with E-state index in [4.69, 9.17) is 9.26 Å². The monoisotopic (exact) mass is 329 g/mol. The third-order valence-corrected chi connectivity index (χ3v) is 9.19. The van der Waals surface area contributed by atoms with Crippen LogP contribution in [0.3, 0.4) is 0 Å². The quantitative estimate of drug-likeness (QED) is 0.738. The number of epoxide rings is 1. The van der Waals surface area contributed by atoms with Crippen molar-refractivity contribution in [2.24, 2.45) is 28.6 Å². The van der Waals surface area contributed by atoms with Crippen LogP contribution in [0.25, 0.3) is 0 Å². The molecular formula is C20H27NO3. The topological polar surface area (TPSA) is 58.8 Å². The lowest BCUT2D eigenvalue weighted by Gasteiger charge is -2.58. The van der Waals surface area contributed by atoms with Gasteiger partial charge in [-0.2, -0.15) is 0 Å². The average Bonchev–Trinajstić information content (AvgIpc) is 2.99. The number of nitrogens with zero attached hydrogens (tertiary/aromatic N) is 1. The molecule has 8 atom stereocenters. The molecule has 24 heavy (non-hydrogen) atoms. The van der Waals surface area contributed by atoms with E-state index in [0.29, 0.717) is 11.8 Å². The van der Waals surface area contributed by atoms with E-state index in [9.17, 15) is 5.11 Å². The van der Waals surface area contributed by atoms with Gasteiger partial charge >= 0.3 is 0 Å². The number of hydrogen-bond donors (Lipinski definition) is 1. The summed E-state index contributed by atoms with van der Waals surface area (Å²) in [6, 6.07) is 0. The molecule has 0 amide bonds. The second-order valence-corrected chi connectivity index (χ2v) is 9.75. The fraction of sp³-hybridized carbons (Fsp3) is 0.850. The molecule has 0 radical (unpaired) electrons. The molecule has 6 rings (SSSR count). The number of fused-ring (bicyclic) bond motifs is 6. The maximum Gasteiger partial charge on any atom is 0.171 e. The van der Waals surface area contributed by atoms with Crippen molar-refractivity contribution in [3.8, 4) is 0 Å². The Balaban J connectivity index is 1.42. The molecule has 130 valence electrons. The zero-order valence-corrected chi connectivity index (χ0v) is 14.6. The molecule has 4 nitrogen and oxygen atoms in total. The minimum Gasteiger partial charge on any atom is -0.393 e. The fourth-order valence-electron chi connectivity index (χ4n) is 7.79. The zero-order chi connectivity index (χ0) is 16.3. The first-order valence-corrected chi connectivity index (χ1v) is 9.79. The number of aliphatic hydroxyl groups excluding tert-OH is 1. The smallest absolute Gasteiger partial charge is 0.171 e. The van der Waals surface area contributed by atoms with Gasteiger partial charge in [-0.05, 0) is 68.1 Å². The Labute approximate surface area is 142 Å². The molecule has 1 aromatic rings. The minimum absolute atomic E-state index is 0.00562. The molecule has 1 aliphatic heterocycles. The summed E-state index contributed by atoms with van der Waals surface area (Å²) in [6.45, 7) is 4.83. The molecule has 0 aromatic carbocycles. The molecule has 4 aliphatic carbocycles. The van der Waals surface area contributed by atoms with E-state index in [-0.39, 0.29) is 28.6 Å². The second kappa shape index (κ2) is 4.09. The first-order chi connectivity index (χ1) is 11.5. The van der Waals surface area contributed by atoms with Gasteiger partial charge in [0.25, 0.3) is 0 Å². The lowest BCUT2D eigenvalue weighted by atomic mass is 9.45. The summed E-state index contributed by atoms with van der Waals surface area (Å²) in [4.78, 5) is 0. The third-order valence-electron chi connectivity index (χ3n) is 9.19. The van der Waals surface area contributed by atoms with Crippen LogP contribution in [0.2, 0.25) is 0 Å². The van der Waals surface area contributed by atoms with E-state index in [2.05, 4.69) is 19.0 Å². The van der Waals surface area contributed by atoms with Crippen molar-refractivity contribution >= 4 is 0 Å². The SMILES string of the molecule is CC12CCC3C(CCC45OC4c4oncc4CC35C)C1CCC2O. The van der Waals surface area contributed by atoms with Crippen LogP contribution in [0.15, 0.2) is 10.7 Å². The Kier molecular flexibility index (Phi) is 2.44. The predicted octanol–water partition coefficient (Wildman–Crippen LogP) is 3.64. The summed E-state index contributed by atoms with van der Waals surface area (Å²) in [5.41, 5.74) is 1.64. The van der Waals surface area contributed by atoms with E-state index in [0.717, 1.165) is 30.9 Å². The highest BCUT2D eigenvalue weighted by Gasteiger charge is 2.76. The largest absolute Gasteiger partial charge is 0.393 e. The maximum atomic E-state index is 10.6. The van der Waals surface area contributed by atoms with Crippen molar-refractivity contribution in [2.45, 2.75) is 76.6 Å². The summed E-state index contributed by atoms with van der Waals surface area (Å²) in [7, 11) is 0. The number of ether oxygens (including phenoxy) is 1. The lowest BCUT2D eigenvalue weighted by Crippen LogP contribution is -2.57. The van der Waals surface area contributed by atoms with Gasteiger partial charge in [0.15, 0.2) is 5.76 Å². The first kappa shape index (κ1) is 14.3. The van der Waals surface area contributed by atoms with Gasteiger partial charge in [-0.1, -0.05) is 19.0 Å². The van der Waals surface area contributed by atoms with E-state index in [1.165, 1.54) is 31.2 Å². The van der Waals surface area contributed by atoms with Gasteiger partial charge in [0, 0.05) is 11.0 Å². The summed E-state index contributed by atoms with van der Waals surface area (Å²) >= 11 is 0. The van der Waals surface area contributed by atoms with Gasteiger partial charge in [-0.15, -0.1) is 0 Å². The minimum atomic E-state index is -0.0897. The van der Waals surface area contributed by atoms with Crippen LogP contribution in [0.5, 0.6) is 0 Å². The molecule has 2 heterocycles. The molecular weight excluding hydrogens is 302 g/mol. The Hall–Kier alpha value is -0.870. The maximum absolute atomic E-state index is 10.6. The zero-order valence-electron chi connectivity index (χ0n) is 14.6. The van der Waals surface area contributed by atoms with Crippen LogP contribution >= 0.6 is 0 Å². The van der Waals surface area contributed by atoms with Gasteiger partial charge in [-0.3, -0.25) is 0 Å². The summed E-state index contributed by atoms with van der Waals surface area (Å²) in [6.07, 6.45) is 10.1. The predicted molar refractivity (Wildman–Crippen MR) is 87.2 cm³/mol. The number of aromatic nitrogens is 1. The molecule has 3 saturated carbocycles. The number of hydrogen-bond acceptors (Lipinski definition) is 4. The van der Waals surface area contributed by atoms with Crippen LogP contribution in [-0.2, 0) is 11.2 Å². The van der Waals surface area contributed by atoms with E-state index >= 15 is 0 Å². The second-order valence-electron chi connectivity index (χ2n) is 9.75. The van der Waals surface area contributed by atoms with Gasteiger partial charge in [0.1, 0.15) is 11.7 Å². The van der Waals surface area contributed by atoms with Crippen molar-refractivity contribution in [1.29, 1.82) is 0 Å². The van der Waals surface area contributed by atoms with Crippen molar-refractivity contribution < 1.29 is 14.4 Å². The highest BCUT2D eigenvalue weighted by atomic mass is 16.6. The summed E-state index contributed by atoms with van der Waals surface area (Å²) in [5.74, 6) is 3.16. The molecule has 1 aromatic heterocycles. The Morgan fingerprint density at radius 2 is 2.00 bits per heavy atom. The standard InChI is InChI=1S/C20H27NO3/c1-18-7-6-14-12(13(18)3-4-15(18)22)5-8-20-17(23-20)16-11(10-21-24-16)9-19(14,20)2/h10,12-15,17,22H,3-9H2,1-2H3. The lowest BCUT2D eigenvalue weighted by molar-refractivity contribution is -0.117. The molecule has 1 saturated heterocycles. The normalized spacial score (nSPS) is 57.4. The first-order valence-electron chi connectivity index (χ1n) is 9.79. The molecule has 1 N–H and O–H groups in total. The number of aliphatic hydroxyl groups is 1. The van der Waals surface area contributed by atoms with Crippen LogP contribution < -0.4 is 0 Å². The Bertz CT molecular complexity index is 715. The van der Waals surface area contributed by atoms with Crippen LogP contribution in [0, 0.1) is 28.6 Å². The van der Waals surface area contributed by atoms with Crippen molar-refractivity contribution in [3.05, 3.63) is 17.5 Å². The van der Waals surface area contributed by atoms with Crippen molar-refractivity contribution in [1.82, 2.24) is 5.16 Å². The third kappa shape index (κ3) is 1.37. The van der Waals surface area contributed by atoms with Crippen LogP contribution in [-0.4, -0.2) is 22.0 Å². The summed E-state index contributed by atoms with van der Waals surface area (Å²) < 4.78 is 11.9. The van der Waals surface area contributed by atoms with Gasteiger partial charge in [0.05, 0.1) is 12.3 Å². The van der Waals surface area contributed by atoms with Gasteiger partial charge < -0.3 is 14.4 Å². The molecule has 0 bridgehead atoms. The highest BCUT2D eigenvalue weighted by Crippen LogP contribution is 2.75. The molecule has 5 aliphatic rings. The van der Waals surface area contributed by atoms with E-state index in [1.54, 1.807) is 0 Å². The Morgan fingerprint density at radius 3 is 2.88 bits per heavy atom. The fourth-order valence-corrected chi connectivity index (χ4v) is 7.79. The number of rotatable bonds is 0.